The van der Waals surface area contributed by atoms with Crippen LogP contribution in [0.2, 0.25) is 0 Å². The Bertz CT molecular complexity index is 1030. The van der Waals surface area contributed by atoms with Gasteiger partial charge in [-0.2, -0.15) is 0 Å². The number of para-hydroxylation sites is 1. The zero-order valence-corrected chi connectivity index (χ0v) is 18.1. The first-order valence-corrected chi connectivity index (χ1v) is 10.5. The van der Waals surface area contributed by atoms with Crippen molar-refractivity contribution < 1.29 is 9.53 Å². The molecule has 1 aliphatic rings. The summed E-state index contributed by atoms with van der Waals surface area (Å²) in [6.07, 6.45) is 1.52. The van der Waals surface area contributed by atoms with Crippen LogP contribution < -0.4 is 9.64 Å². The van der Waals surface area contributed by atoms with Gasteiger partial charge in [0.25, 0.3) is 5.91 Å². The van der Waals surface area contributed by atoms with Crippen LogP contribution in [-0.2, 0) is 0 Å². The molecule has 31 heavy (non-hydrogen) atoms. The summed E-state index contributed by atoms with van der Waals surface area (Å²) in [5.74, 6) is 1.72. The number of hydrogen-bond acceptors (Lipinski definition) is 7. The number of rotatable bonds is 6. The topological polar surface area (TPSA) is 89.3 Å². The van der Waals surface area contributed by atoms with Crippen molar-refractivity contribution in [2.24, 2.45) is 5.92 Å². The minimum atomic E-state index is -0.0945. The standard InChI is InChI=1S/C22H27N7O2/c1-16(2)14-31-20-13-19(23-15-24-20)27-9-11-28(12-10-27)22(30)21-17(3)29(26-25-21)18-7-5-4-6-8-18/h4-8,13,15-16H,9-12,14H2,1-3H3. The lowest BCUT2D eigenvalue weighted by Gasteiger charge is -2.35. The van der Waals surface area contributed by atoms with Crippen molar-refractivity contribution in [2.45, 2.75) is 20.8 Å². The summed E-state index contributed by atoms with van der Waals surface area (Å²) in [5, 5.41) is 8.34. The predicted octanol–water partition coefficient (Wildman–Crippen LogP) is 2.36. The van der Waals surface area contributed by atoms with E-state index in [0.717, 1.165) is 17.2 Å². The Morgan fingerprint density at radius 1 is 1.10 bits per heavy atom. The number of ether oxygens (including phenoxy) is 1. The van der Waals surface area contributed by atoms with E-state index in [1.54, 1.807) is 4.68 Å². The average molecular weight is 422 g/mol. The minimum Gasteiger partial charge on any atom is -0.477 e. The molecule has 0 aliphatic carbocycles. The van der Waals surface area contributed by atoms with Crippen LogP contribution in [0.25, 0.3) is 5.69 Å². The van der Waals surface area contributed by atoms with Crippen molar-refractivity contribution in [3.05, 3.63) is 54.1 Å². The molecule has 1 amide bonds. The highest BCUT2D eigenvalue weighted by atomic mass is 16.5. The molecular formula is C22H27N7O2. The quantitative estimate of drug-likeness (QED) is 0.604. The van der Waals surface area contributed by atoms with Gasteiger partial charge in [0.15, 0.2) is 5.69 Å². The Balaban J connectivity index is 1.40. The fraction of sp³-hybridized carbons (Fsp3) is 0.409. The SMILES string of the molecule is Cc1c(C(=O)N2CCN(c3cc(OCC(C)C)ncn3)CC2)nnn1-c1ccccc1. The maximum atomic E-state index is 13.1. The summed E-state index contributed by atoms with van der Waals surface area (Å²) < 4.78 is 7.41. The monoisotopic (exact) mass is 421 g/mol. The van der Waals surface area contributed by atoms with Gasteiger partial charge in [-0.25, -0.2) is 14.6 Å². The molecule has 9 heteroatoms. The van der Waals surface area contributed by atoms with E-state index in [1.807, 2.05) is 48.2 Å². The van der Waals surface area contributed by atoms with Crippen LogP contribution in [0.1, 0.15) is 30.0 Å². The Kier molecular flexibility index (Phi) is 6.11. The van der Waals surface area contributed by atoms with E-state index in [1.165, 1.54) is 6.33 Å². The van der Waals surface area contributed by atoms with Crippen molar-refractivity contribution >= 4 is 11.7 Å². The molecule has 2 aromatic heterocycles. The van der Waals surface area contributed by atoms with E-state index < -0.39 is 0 Å². The number of carbonyl (C=O) groups excluding carboxylic acids is 1. The van der Waals surface area contributed by atoms with Crippen molar-refractivity contribution in [1.82, 2.24) is 29.9 Å². The van der Waals surface area contributed by atoms with Crippen molar-refractivity contribution in [3.63, 3.8) is 0 Å². The number of hydrogen-bond donors (Lipinski definition) is 0. The third-order valence-corrected chi connectivity index (χ3v) is 5.18. The van der Waals surface area contributed by atoms with Gasteiger partial charge in [0.05, 0.1) is 18.0 Å². The van der Waals surface area contributed by atoms with Gasteiger partial charge in [0, 0.05) is 32.2 Å². The van der Waals surface area contributed by atoms with Gasteiger partial charge in [0.2, 0.25) is 5.88 Å². The van der Waals surface area contributed by atoms with Crippen LogP contribution in [0.3, 0.4) is 0 Å². The van der Waals surface area contributed by atoms with Crippen molar-refractivity contribution in [1.29, 1.82) is 0 Å². The van der Waals surface area contributed by atoms with Crippen LogP contribution >= 0.6 is 0 Å². The van der Waals surface area contributed by atoms with Crippen LogP contribution in [0, 0.1) is 12.8 Å². The van der Waals surface area contributed by atoms with E-state index in [-0.39, 0.29) is 5.91 Å². The lowest BCUT2D eigenvalue weighted by molar-refractivity contribution is 0.0739. The Morgan fingerprint density at radius 2 is 1.84 bits per heavy atom. The highest BCUT2D eigenvalue weighted by Crippen LogP contribution is 2.20. The number of piperazine rings is 1. The summed E-state index contributed by atoms with van der Waals surface area (Å²) in [7, 11) is 0. The number of nitrogens with zero attached hydrogens (tertiary/aromatic N) is 7. The molecule has 4 rings (SSSR count). The molecule has 9 nitrogen and oxygen atoms in total. The number of aromatic nitrogens is 5. The summed E-state index contributed by atoms with van der Waals surface area (Å²) >= 11 is 0. The van der Waals surface area contributed by atoms with E-state index in [2.05, 4.69) is 39.0 Å². The summed E-state index contributed by atoms with van der Waals surface area (Å²) in [6, 6.07) is 11.5. The molecule has 1 saturated heterocycles. The number of benzene rings is 1. The molecule has 0 N–H and O–H groups in total. The maximum Gasteiger partial charge on any atom is 0.276 e. The first kappa shape index (κ1) is 20.8. The molecule has 0 spiro atoms. The van der Waals surface area contributed by atoms with Crippen molar-refractivity contribution in [2.75, 3.05) is 37.7 Å². The second-order valence-corrected chi connectivity index (χ2v) is 7.97. The van der Waals surface area contributed by atoms with E-state index >= 15 is 0 Å². The van der Waals surface area contributed by atoms with Gasteiger partial charge in [-0.05, 0) is 25.0 Å². The van der Waals surface area contributed by atoms with Gasteiger partial charge < -0.3 is 14.5 Å². The zero-order valence-electron chi connectivity index (χ0n) is 18.1. The molecule has 3 aromatic rings. The Morgan fingerprint density at radius 3 is 2.55 bits per heavy atom. The first-order valence-electron chi connectivity index (χ1n) is 10.5. The molecule has 0 radical (unpaired) electrons. The largest absolute Gasteiger partial charge is 0.477 e. The molecule has 1 fully saturated rings. The molecule has 0 atom stereocenters. The number of carbonyl (C=O) groups is 1. The second-order valence-electron chi connectivity index (χ2n) is 7.97. The second kappa shape index (κ2) is 9.11. The summed E-state index contributed by atoms with van der Waals surface area (Å²) in [5.41, 5.74) is 2.01. The van der Waals surface area contributed by atoms with Gasteiger partial charge in [0.1, 0.15) is 12.1 Å². The Hall–Kier alpha value is -3.49. The minimum absolute atomic E-state index is 0.0945. The molecule has 0 unspecified atom stereocenters. The van der Waals surface area contributed by atoms with E-state index in [0.29, 0.717) is 50.3 Å². The molecule has 0 saturated carbocycles. The first-order chi connectivity index (χ1) is 15.0. The molecular weight excluding hydrogens is 394 g/mol. The number of amides is 1. The van der Waals surface area contributed by atoms with E-state index in [4.69, 9.17) is 4.74 Å². The van der Waals surface area contributed by atoms with Crippen molar-refractivity contribution in [3.8, 4) is 11.6 Å². The molecule has 3 heterocycles. The highest BCUT2D eigenvalue weighted by Gasteiger charge is 2.27. The van der Waals surface area contributed by atoms with Gasteiger partial charge >= 0.3 is 0 Å². The highest BCUT2D eigenvalue weighted by molar-refractivity contribution is 5.93. The fourth-order valence-corrected chi connectivity index (χ4v) is 3.46. The molecule has 1 aromatic carbocycles. The van der Waals surface area contributed by atoms with Crippen LogP contribution in [-0.4, -0.2) is 68.6 Å². The van der Waals surface area contributed by atoms with E-state index in [9.17, 15) is 4.79 Å². The predicted molar refractivity (Wildman–Crippen MR) is 117 cm³/mol. The van der Waals surface area contributed by atoms with Crippen LogP contribution in [0.5, 0.6) is 5.88 Å². The lowest BCUT2D eigenvalue weighted by Crippen LogP contribution is -2.49. The fourth-order valence-electron chi connectivity index (χ4n) is 3.46. The maximum absolute atomic E-state index is 13.1. The van der Waals surface area contributed by atoms with Crippen LogP contribution in [0.15, 0.2) is 42.7 Å². The third-order valence-electron chi connectivity index (χ3n) is 5.18. The average Bonchev–Trinajstić information content (AvgIpc) is 3.19. The Labute approximate surface area is 181 Å². The summed E-state index contributed by atoms with van der Waals surface area (Å²) in [4.78, 5) is 25.6. The molecule has 162 valence electrons. The zero-order chi connectivity index (χ0) is 21.8. The van der Waals surface area contributed by atoms with Gasteiger partial charge in [-0.1, -0.05) is 37.3 Å². The molecule has 1 aliphatic heterocycles. The normalized spacial score (nSPS) is 14.2. The lowest BCUT2D eigenvalue weighted by atomic mass is 10.2. The smallest absolute Gasteiger partial charge is 0.276 e. The van der Waals surface area contributed by atoms with Gasteiger partial charge in [-0.15, -0.1) is 5.10 Å². The third kappa shape index (κ3) is 4.65. The molecule has 0 bridgehead atoms. The van der Waals surface area contributed by atoms with Gasteiger partial charge in [-0.3, -0.25) is 4.79 Å². The number of anilines is 1. The summed E-state index contributed by atoms with van der Waals surface area (Å²) in [6.45, 7) is 9.20. The van der Waals surface area contributed by atoms with Crippen LogP contribution in [0.4, 0.5) is 5.82 Å².